The number of rotatable bonds is 74. The fraction of sp³-hybridized carbons (Fsp3) is 0.893. The second-order valence-corrected chi connectivity index (χ2v) is 29.3. The van der Waals surface area contributed by atoms with E-state index in [1.54, 1.807) is 0 Å². The van der Waals surface area contributed by atoms with Crippen LogP contribution in [0.4, 0.5) is 0 Å². The largest absolute Gasteiger partial charge is 0.472 e. The molecule has 3 N–H and O–H groups in total. The second kappa shape index (κ2) is 69.0. The van der Waals surface area contributed by atoms with Crippen molar-refractivity contribution in [2.24, 2.45) is 0 Å². The fourth-order valence-corrected chi connectivity index (χ4v) is 12.6. The van der Waals surface area contributed by atoms with Crippen LogP contribution in [-0.4, -0.2) is 96.7 Å². The molecule has 0 spiro atoms. The molecule has 2 unspecified atom stereocenters. The maximum atomic E-state index is 13.1. The molecule has 5 atom stereocenters. The summed E-state index contributed by atoms with van der Waals surface area (Å²) in [6.45, 7) is 4.82. The number of phosphoric acid groups is 2. The summed E-state index contributed by atoms with van der Waals surface area (Å²) in [5, 5.41) is 10.6. The van der Waals surface area contributed by atoms with Gasteiger partial charge in [-0.15, -0.1) is 0 Å². The van der Waals surface area contributed by atoms with E-state index in [1.165, 1.54) is 180 Å². The van der Waals surface area contributed by atoms with Gasteiger partial charge in [0.1, 0.15) is 19.3 Å². The highest BCUT2D eigenvalue weighted by atomic mass is 31.2. The van der Waals surface area contributed by atoms with Gasteiger partial charge in [0.25, 0.3) is 0 Å². The number of aliphatic hydroxyl groups excluding tert-OH is 1. The molecule has 0 aliphatic heterocycles. The zero-order valence-corrected chi connectivity index (χ0v) is 62.2. The number of hydrogen-bond donors (Lipinski definition) is 3. The van der Waals surface area contributed by atoms with E-state index in [-0.39, 0.29) is 25.7 Å². The average Bonchev–Trinajstić information content (AvgIpc) is 1.29. The lowest BCUT2D eigenvalue weighted by Crippen LogP contribution is -2.30. The molecule has 19 heteroatoms. The molecule has 0 rings (SSSR count). The van der Waals surface area contributed by atoms with Crippen molar-refractivity contribution < 1.29 is 80.2 Å². The van der Waals surface area contributed by atoms with Crippen molar-refractivity contribution >= 4 is 39.5 Å². The number of carbonyl (C=O) groups is 4. The van der Waals surface area contributed by atoms with Crippen LogP contribution in [0, 0.1) is 0 Å². The lowest BCUT2D eigenvalue weighted by atomic mass is 10.0. The Kier molecular flexibility index (Phi) is 67.2. The van der Waals surface area contributed by atoms with Gasteiger partial charge in [0, 0.05) is 25.7 Å². The third-order valence-electron chi connectivity index (χ3n) is 17.0. The van der Waals surface area contributed by atoms with Gasteiger partial charge >= 0.3 is 39.5 Å². The Morgan fingerprint density at radius 2 is 0.511 bits per heavy atom. The summed E-state index contributed by atoms with van der Waals surface area (Å²) >= 11 is 0. The normalized spacial score (nSPS) is 14.1. The third kappa shape index (κ3) is 68.1. The summed E-state index contributed by atoms with van der Waals surface area (Å²) in [4.78, 5) is 72.4. The molecule has 0 radical (unpaired) electrons. The predicted octanol–water partition coefficient (Wildman–Crippen LogP) is 21.8. The number of esters is 4. The van der Waals surface area contributed by atoms with Gasteiger partial charge in [-0.05, 0) is 51.4 Å². The Labute approximate surface area is 573 Å². The molecule has 0 bridgehead atoms. The molecular weight excluding hydrogens is 1230 g/mol. The van der Waals surface area contributed by atoms with Crippen molar-refractivity contribution in [3.63, 3.8) is 0 Å². The van der Waals surface area contributed by atoms with Gasteiger partial charge in [-0.1, -0.05) is 322 Å². The van der Waals surface area contributed by atoms with Gasteiger partial charge in [-0.25, -0.2) is 9.13 Å². The van der Waals surface area contributed by atoms with Crippen LogP contribution in [0.3, 0.4) is 0 Å². The smallest absolute Gasteiger partial charge is 0.462 e. The zero-order valence-electron chi connectivity index (χ0n) is 60.4. The molecule has 0 aliphatic carbocycles. The summed E-state index contributed by atoms with van der Waals surface area (Å²) in [7, 11) is -9.91. The van der Waals surface area contributed by atoms with Crippen LogP contribution in [-0.2, 0) is 65.4 Å². The molecule has 554 valence electrons. The van der Waals surface area contributed by atoms with E-state index in [4.69, 9.17) is 37.0 Å². The number of allylic oxidation sites excluding steroid dienone is 4. The van der Waals surface area contributed by atoms with E-state index in [0.717, 1.165) is 116 Å². The van der Waals surface area contributed by atoms with Crippen molar-refractivity contribution in [2.75, 3.05) is 39.6 Å². The molecular formula is C75H142O17P2. The number of aliphatic hydroxyl groups is 1. The van der Waals surface area contributed by atoms with Crippen molar-refractivity contribution in [3.8, 4) is 0 Å². The van der Waals surface area contributed by atoms with Crippen LogP contribution < -0.4 is 0 Å². The van der Waals surface area contributed by atoms with Crippen LogP contribution >= 0.6 is 15.6 Å². The molecule has 0 fully saturated rings. The van der Waals surface area contributed by atoms with E-state index in [9.17, 15) is 43.2 Å². The van der Waals surface area contributed by atoms with Crippen molar-refractivity contribution in [1.29, 1.82) is 0 Å². The zero-order chi connectivity index (χ0) is 69.0. The minimum Gasteiger partial charge on any atom is -0.462 e. The molecule has 17 nitrogen and oxygen atoms in total. The highest BCUT2D eigenvalue weighted by molar-refractivity contribution is 7.47. The van der Waals surface area contributed by atoms with Gasteiger partial charge in [-0.3, -0.25) is 37.3 Å². The van der Waals surface area contributed by atoms with Gasteiger partial charge in [0.05, 0.1) is 26.4 Å². The molecule has 0 aromatic carbocycles. The monoisotopic (exact) mass is 1380 g/mol. The maximum Gasteiger partial charge on any atom is 0.472 e. The van der Waals surface area contributed by atoms with Crippen LogP contribution in [0.15, 0.2) is 24.3 Å². The fourth-order valence-electron chi connectivity index (χ4n) is 11.0. The summed E-state index contributed by atoms with van der Waals surface area (Å²) in [5.41, 5.74) is 0. The predicted molar refractivity (Wildman–Crippen MR) is 381 cm³/mol. The molecule has 0 saturated carbocycles. The molecule has 0 aromatic rings. The van der Waals surface area contributed by atoms with Crippen LogP contribution in [0.2, 0.25) is 0 Å². The Morgan fingerprint density at radius 1 is 0.298 bits per heavy atom. The first-order valence-electron chi connectivity index (χ1n) is 38.6. The lowest BCUT2D eigenvalue weighted by Gasteiger charge is -2.21. The summed E-state index contributed by atoms with van der Waals surface area (Å²) < 4.78 is 68.2. The van der Waals surface area contributed by atoms with Gasteiger partial charge in [-0.2, -0.15) is 0 Å². The Balaban J connectivity index is 5.15. The van der Waals surface area contributed by atoms with E-state index in [2.05, 4.69) is 52.0 Å². The van der Waals surface area contributed by atoms with Gasteiger partial charge in [0.2, 0.25) is 0 Å². The van der Waals surface area contributed by atoms with Crippen molar-refractivity contribution in [3.05, 3.63) is 24.3 Å². The Bertz CT molecular complexity index is 1880. The number of carbonyl (C=O) groups excluding carboxylic acids is 4. The highest BCUT2D eigenvalue weighted by Crippen LogP contribution is 2.45. The molecule has 0 saturated heterocycles. The van der Waals surface area contributed by atoms with Crippen LogP contribution in [0.25, 0.3) is 0 Å². The Morgan fingerprint density at radius 3 is 0.777 bits per heavy atom. The Hall–Kier alpha value is -2.46. The van der Waals surface area contributed by atoms with E-state index < -0.39 is 97.5 Å². The molecule has 94 heavy (non-hydrogen) atoms. The number of phosphoric ester groups is 2. The number of ether oxygens (including phenoxy) is 4. The number of hydrogen-bond acceptors (Lipinski definition) is 15. The second-order valence-electron chi connectivity index (χ2n) is 26.4. The molecule has 0 aliphatic rings. The maximum absolute atomic E-state index is 13.1. The van der Waals surface area contributed by atoms with Crippen molar-refractivity contribution in [2.45, 2.75) is 393 Å². The lowest BCUT2D eigenvalue weighted by molar-refractivity contribution is -0.161. The minimum absolute atomic E-state index is 0.102. The first-order valence-corrected chi connectivity index (χ1v) is 41.6. The first-order chi connectivity index (χ1) is 45.7. The minimum atomic E-state index is -4.96. The topological polar surface area (TPSA) is 237 Å². The molecule has 0 heterocycles. The average molecular weight is 1380 g/mol. The number of unbranched alkanes of at least 4 members (excludes halogenated alkanes) is 45. The first kappa shape index (κ1) is 91.5. The quantitative estimate of drug-likeness (QED) is 0.0169. The van der Waals surface area contributed by atoms with E-state index in [0.29, 0.717) is 25.7 Å². The van der Waals surface area contributed by atoms with Crippen LogP contribution in [0.1, 0.15) is 374 Å². The third-order valence-corrected chi connectivity index (χ3v) is 18.9. The van der Waals surface area contributed by atoms with E-state index in [1.807, 2.05) is 0 Å². The molecule has 0 amide bonds. The standard InChI is InChI=1S/C75H142O17P2/c1-5-9-13-17-20-23-26-29-31-32-33-34-35-36-38-41-44-47-50-54-58-62-75(80)92-71(66-86-73(78)60-56-52-48-45-42-40-37-30-27-24-21-18-14-10-6-2)68-90-94(83,84)88-64-69(76)63-87-93(81,82)89-67-70(65-85-72(77)59-55-51-16-12-8-4)91-74(79)61-57-53-49-46-43-39-28-25-22-19-15-11-7-3/h24,27,30,37,69-71,76H,5-23,25-26,28-29,31-36,38-68H2,1-4H3,(H,81,82)(H,83,84)/b27-24-,37-30-/t69-,70+,71+/m0/s1. The van der Waals surface area contributed by atoms with E-state index >= 15 is 0 Å². The summed E-state index contributed by atoms with van der Waals surface area (Å²) in [6, 6.07) is 0. The van der Waals surface area contributed by atoms with Crippen molar-refractivity contribution in [1.82, 2.24) is 0 Å². The van der Waals surface area contributed by atoms with Gasteiger partial charge in [0.15, 0.2) is 12.2 Å². The summed E-state index contributed by atoms with van der Waals surface area (Å²) in [5.74, 6) is -2.16. The van der Waals surface area contributed by atoms with Crippen LogP contribution in [0.5, 0.6) is 0 Å². The molecule has 0 aromatic heterocycles. The highest BCUT2D eigenvalue weighted by Gasteiger charge is 2.30. The SMILES string of the molecule is CCCCCC/C=C\C=C/CCCCCCCC(=O)OC[C@H](COP(=O)(O)OC[C@@H](O)COP(=O)(O)OC[C@@H](COC(=O)CCCCCCC)OC(=O)CCCCCCCCCCCCCCC)OC(=O)CCCCCCCCCCCCCCCCCCCCCCC. The summed E-state index contributed by atoms with van der Waals surface area (Å²) in [6.07, 6.45) is 62.3. The van der Waals surface area contributed by atoms with Gasteiger partial charge < -0.3 is 33.8 Å².